The van der Waals surface area contributed by atoms with E-state index < -0.39 is 12.0 Å². The van der Waals surface area contributed by atoms with E-state index in [1.54, 1.807) is 24.0 Å². The van der Waals surface area contributed by atoms with E-state index in [2.05, 4.69) is 0 Å². The van der Waals surface area contributed by atoms with E-state index in [0.717, 1.165) is 17.2 Å². The van der Waals surface area contributed by atoms with Gasteiger partial charge in [0.05, 0.1) is 24.7 Å². The summed E-state index contributed by atoms with van der Waals surface area (Å²) in [6.07, 6.45) is -1.38. The lowest BCUT2D eigenvalue weighted by atomic mass is 9.95. The standard InChI is InChI=1S/C25H25F2N3O4/c1-15-18(3-4-19-20(15)14-34-25(19)32)22(27)13-29-5-7-30(8-6-29)24(31)11-16-10-23(33-2)17(12-28)9-21(16)26/h3-4,9-10,22H,5-8,11,13-14H2,1-2H3. The van der Waals surface area contributed by atoms with Gasteiger partial charge in [-0.3, -0.25) is 9.69 Å². The Hall–Kier alpha value is -3.51. The summed E-state index contributed by atoms with van der Waals surface area (Å²) in [6.45, 7) is 3.97. The number of alkyl halides is 1. The molecule has 1 saturated heterocycles. The summed E-state index contributed by atoms with van der Waals surface area (Å²) < 4.78 is 39.6. The highest BCUT2D eigenvalue weighted by atomic mass is 19.1. The Labute approximate surface area is 196 Å². The smallest absolute Gasteiger partial charge is 0.338 e. The van der Waals surface area contributed by atoms with Crippen molar-refractivity contribution >= 4 is 11.9 Å². The number of carbonyl (C=O) groups excluding carboxylic acids is 2. The fourth-order valence-corrected chi connectivity index (χ4v) is 4.47. The molecule has 0 spiro atoms. The molecule has 34 heavy (non-hydrogen) atoms. The SMILES string of the molecule is COc1cc(CC(=O)N2CCN(CC(F)c3ccc4c(c3C)COC4=O)CC2)c(F)cc1C#N. The molecule has 0 bridgehead atoms. The van der Waals surface area contributed by atoms with Crippen LogP contribution in [-0.4, -0.2) is 61.5 Å². The number of esters is 1. The highest BCUT2D eigenvalue weighted by Crippen LogP contribution is 2.31. The minimum absolute atomic E-state index is 0.0725. The Balaban J connectivity index is 1.34. The van der Waals surface area contributed by atoms with Gasteiger partial charge in [-0.2, -0.15) is 5.26 Å². The second-order valence-corrected chi connectivity index (χ2v) is 8.46. The van der Waals surface area contributed by atoms with Crippen molar-refractivity contribution in [3.05, 3.63) is 63.5 Å². The van der Waals surface area contributed by atoms with Gasteiger partial charge in [-0.15, -0.1) is 0 Å². The van der Waals surface area contributed by atoms with E-state index >= 15 is 4.39 Å². The van der Waals surface area contributed by atoms with Crippen LogP contribution in [0.15, 0.2) is 24.3 Å². The molecule has 1 amide bonds. The molecule has 1 atom stereocenters. The topological polar surface area (TPSA) is 82.9 Å². The molecule has 0 N–H and O–H groups in total. The lowest BCUT2D eigenvalue weighted by molar-refractivity contribution is -0.132. The maximum atomic E-state index is 15.1. The number of methoxy groups -OCH3 is 1. The molecule has 1 unspecified atom stereocenters. The van der Waals surface area contributed by atoms with Crippen molar-refractivity contribution in [2.45, 2.75) is 26.1 Å². The van der Waals surface area contributed by atoms with Gasteiger partial charge in [-0.25, -0.2) is 13.6 Å². The monoisotopic (exact) mass is 469 g/mol. The van der Waals surface area contributed by atoms with Gasteiger partial charge < -0.3 is 14.4 Å². The van der Waals surface area contributed by atoms with Gasteiger partial charge >= 0.3 is 5.97 Å². The zero-order chi connectivity index (χ0) is 24.4. The molecule has 9 heteroatoms. The quantitative estimate of drug-likeness (QED) is 0.605. The van der Waals surface area contributed by atoms with Crippen molar-refractivity contribution in [3.8, 4) is 11.8 Å². The van der Waals surface area contributed by atoms with Gasteiger partial charge in [0.25, 0.3) is 0 Å². The molecule has 4 rings (SSSR count). The average molecular weight is 469 g/mol. The van der Waals surface area contributed by atoms with Crippen molar-refractivity contribution < 1.29 is 27.8 Å². The van der Waals surface area contributed by atoms with Gasteiger partial charge in [-0.1, -0.05) is 6.07 Å². The van der Waals surface area contributed by atoms with Crippen LogP contribution in [0.1, 0.15) is 44.3 Å². The molecule has 0 saturated carbocycles. The second kappa shape index (κ2) is 9.77. The summed E-state index contributed by atoms with van der Waals surface area (Å²) in [6, 6.07) is 7.58. The third-order valence-electron chi connectivity index (χ3n) is 6.52. The maximum Gasteiger partial charge on any atom is 0.338 e. The summed E-state index contributed by atoms with van der Waals surface area (Å²) in [4.78, 5) is 28.0. The van der Waals surface area contributed by atoms with Crippen LogP contribution < -0.4 is 4.74 Å². The highest BCUT2D eigenvalue weighted by Gasteiger charge is 2.28. The molecule has 2 aromatic rings. The van der Waals surface area contributed by atoms with Crippen molar-refractivity contribution in [3.63, 3.8) is 0 Å². The highest BCUT2D eigenvalue weighted by molar-refractivity contribution is 5.94. The van der Waals surface area contributed by atoms with Crippen LogP contribution in [0.2, 0.25) is 0 Å². The number of halogens is 2. The van der Waals surface area contributed by atoms with E-state index in [4.69, 9.17) is 14.7 Å². The normalized spacial score (nSPS) is 16.6. The average Bonchev–Trinajstić information content (AvgIpc) is 3.22. The van der Waals surface area contributed by atoms with Crippen molar-refractivity contribution in [2.24, 2.45) is 0 Å². The van der Waals surface area contributed by atoms with Crippen LogP contribution in [0.3, 0.4) is 0 Å². The van der Waals surface area contributed by atoms with Gasteiger partial charge in [0.2, 0.25) is 5.91 Å². The summed E-state index contributed by atoms with van der Waals surface area (Å²) in [5.74, 6) is -1.01. The minimum Gasteiger partial charge on any atom is -0.495 e. The molecule has 7 nitrogen and oxygen atoms in total. The number of nitriles is 1. The van der Waals surface area contributed by atoms with Crippen LogP contribution >= 0.6 is 0 Å². The molecule has 2 aliphatic rings. The van der Waals surface area contributed by atoms with E-state index in [9.17, 15) is 14.0 Å². The first-order valence-electron chi connectivity index (χ1n) is 11.0. The van der Waals surface area contributed by atoms with Crippen molar-refractivity contribution in [1.29, 1.82) is 5.26 Å². The van der Waals surface area contributed by atoms with E-state index in [-0.39, 0.29) is 48.3 Å². The van der Waals surface area contributed by atoms with Gasteiger partial charge in [-0.05, 0) is 36.2 Å². The zero-order valence-electron chi connectivity index (χ0n) is 19.1. The third-order valence-corrected chi connectivity index (χ3v) is 6.52. The van der Waals surface area contributed by atoms with Gasteiger partial charge in [0, 0.05) is 43.9 Å². The number of carbonyl (C=O) groups is 2. The van der Waals surface area contributed by atoms with Crippen LogP contribution in [0.25, 0.3) is 0 Å². The van der Waals surface area contributed by atoms with E-state index in [1.165, 1.54) is 13.2 Å². The maximum absolute atomic E-state index is 15.1. The van der Waals surface area contributed by atoms with Crippen molar-refractivity contribution in [1.82, 2.24) is 9.80 Å². The molecule has 1 fully saturated rings. The Morgan fingerprint density at radius 2 is 2.00 bits per heavy atom. The van der Waals surface area contributed by atoms with E-state index in [0.29, 0.717) is 37.3 Å². The van der Waals surface area contributed by atoms with Crippen LogP contribution in [0, 0.1) is 24.1 Å². The number of nitrogens with zero attached hydrogens (tertiary/aromatic N) is 3. The van der Waals surface area contributed by atoms with Gasteiger partial charge in [0.15, 0.2) is 0 Å². The zero-order valence-corrected chi connectivity index (χ0v) is 19.1. The number of piperazine rings is 1. The Morgan fingerprint density at radius 1 is 1.26 bits per heavy atom. The first kappa shape index (κ1) is 23.6. The molecule has 178 valence electrons. The predicted molar refractivity (Wildman–Crippen MR) is 119 cm³/mol. The molecule has 2 heterocycles. The molecule has 0 aliphatic carbocycles. The lowest BCUT2D eigenvalue weighted by Gasteiger charge is -2.35. The van der Waals surface area contributed by atoms with Crippen LogP contribution in [0.4, 0.5) is 8.78 Å². The Kier molecular flexibility index (Phi) is 6.80. The minimum atomic E-state index is -1.23. The van der Waals surface area contributed by atoms with Gasteiger partial charge in [0.1, 0.15) is 30.4 Å². The summed E-state index contributed by atoms with van der Waals surface area (Å²) in [7, 11) is 1.38. The van der Waals surface area contributed by atoms with Crippen LogP contribution in [0.5, 0.6) is 5.75 Å². The first-order valence-corrected chi connectivity index (χ1v) is 11.0. The van der Waals surface area contributed by atoms with E-state index in [1.807, 2.05) is 11.0 Å². The Morgan fingerprint density at radius 3 is 2.68 bits per heavy atom. The molecular formula is C25H25F2N3O4. The fourth-order valence-electron chi connectivity index (χ4n) is 4.47. The second-order valence-electron chi connectivity index (χ2n) is 8.46. The molecule has 2 aromatic carbocycles. The first-order chi connectivity index (χ1) is 16.3. The molecule has 0 aromatic heterocycles. The number of rotatable bonds is 6. The predicted octanol–water partition coefficient (Wildman–Crippen LogP) is 3.08. The number of amides is 1. The third kappa shape index (κ3) is 4.59. The number of benzene rings is 2. The number of ether oxygens (including phenoxy) is 2. The largest absolute Gasteiger partial charge is 0.495 e. The Bertz CT molecular complexity index is 1170. The molecule has 0 radical (unpaired) electrons. The lowest BCUT2D eigenvalue weighted by Crippen LogP contribution is -2.49. The number of fused-ring (bicyclic) bond motifs is 1. The number of hydrogen-bond donors (Lipinski definition) is 0. The molecular weight excluding hydrogens is 444 g/mol. The summed E-state index contributed by atoms with van der Waals surface area (Å²) in [5, 5.41) is 9.06. The van der Waals surface area contributed by atoms with Crippen molar-refractivity contribution in [2.75, 3.05) is 39.8 Å². The fraction of sp³-hybridized carbons (Fsp3) is 0.400. The number of hydrogen-bond acceptors (Lipinski definition) is 6. The molecule has 2 aliphatic heterocycles. The summed E-state index contributed by atoms with van der Waals surface area (Å²) in [5.41, 5.74) is 2.76. The van der Waals surface area contributed by atoms with Crippen LogP contribution in [-0.2, 0) is 22.6 Å². The number of cyclic esters (lactones) is 1. The summed E-state index contributed by atoms with van der Waals surface area (Å²) >= 11 is 0.